The van der Waals surface area contributed by atoms with Gasteiger partial charge in [-0.25, -0.2) is 0 Å². The van der Waals surface area contributed by atoms with Gasteiger partial charge >= 0.3 is 0 Å². The van der Waals surface area contributed by atoms with E-state index in [1.807, 2.05) is 6.20 Å². The van der Waals surface area contributed by atoms with Crippen LogP contribution in [0.1, 0.15) is 58.4 Å². The van der Waals surface area contributed by atoms with Crippen molar-refractivity contribution in [2.24, 2.45) is 5.92 Å². The zero-order chi connectivity index (χ0) is 14.9. The van der Waals surface area contributed by atoms with Gasteiger partial charge in [-0.2, -0.15) is 0 Å². The number of pyridine rings is 1. The van der Waals surface area contributed by atoms with Crippen molar-refractivity contribution < 1.29 is 0 Å². The molecule has 1 saturated carbocycles. The first-order valence-electron chi connectivity index (χ1n) is 8.49. The predicted octanol–water partition coefficient (Wildman–Crippen LogP) is 3.74. The first-order valence-corrected chi connectivity index (χ1v) is 8.49. The Labute approximate surface area is 129 Å². The van der Waals surface area contributed by atoms with E-state index < -0.39 is 0 Å². The highest BCUT2D eigenvalue weighted by Crippen LogP contribution is 2.39. The Balaban J connectivity index is 1.78. The summed E-state index contributed by atoms with van der Waals surface area (Å²) in [6.45, 7) is 8.81. The van der Waals surface area contributed by atoms with Crippen LogP contribution in [0.15, 0.2) is 18.5 Å². The van der Waals surface area contributed by atoms with Crippen molar-refractivity contribution in [3.05, 3.63) is 24.0 Å². The molecule has 2 heterocycles. The van der Waals surface area contributed by atoms with Gasteiger partial charge in [0.1, 0.15) is 0 Å². The summed E-state index contributed by atoms with van der Waals surface area (Å²) in [7, 11) is 0. The molecule has 3 nitrogen and oxygen atoms in total. The van der Waals surface area contributed by atoms with Crippen molar-refractivity contribution in [2.45, 2.75) is 71.0 Å². The first kappa shape index (κ1) is 14.8. The van der Waals surface area contributed by atoms with Gasteiger partial charge in [-0.05, 0) is 57.6 Å². The maximum absolute atomic E-state index is 4.40. The SMILES string of the molecule is CC(C)(C)NCc1ccncc1N1CCC2CCCCC21. The Hall–Kier alpha value is -1.09. The van der Waals surface area contributed by atoms with E-state index in [1.54, 1.807) is 0 Å². The lowest BCUT2D eigenvalue weighted by Crippen LogP contribution is -2.38. The summed E-state index contributed by atoms with van der Waals surface area (Å²) in [6.07, 6.45) is 11.0. The molecule has 0 spiro atoms. The topological polar surface area (TPSA) is 28.2 Å². The minimum Gasteiger partial charge on any atom is -0.367 e. The molecule has 0 amide bonds. The number of hydrogen-bond acceptors (Lipinski definition) is 3. The number of aromatic nitrogens is 1. The van der Waals surface area contributed by atoms with E-state index >= 15 is 0 Å². The van der Waals surface area contributed by atoms with Crippen molar-refractivity contribution in [1.29, 1.82) is 0 Å². The van der Waals surface area contributed by atoms with Crippen LogP contribution in [0.5, 0.6) is 0 Å². The molecule has 116 valence electrons. The zero-order valence-electron chi connectivity index (χ0n) is 13.7. The smallest absolute Gasteiger partial charge is 0.0600 e. The van der Waals surface area contributed by atoms with Gasteiger partial charge in [0.25, 0.3) is 0 Å². The normalized spacial score (nSPS) is 26.0. The lowest BCUT2D eigenvalue weighted by atomic mass is 9.85. The molecule has 0 bridgehead atoms. The van der Waals surface area contributed by atoms with Crippen LogP contribution in [0.4, 0.5) is 5.69 Å². The maximum atomic E-state index is 4.40. The van der Waals surface area contributed by atoms with E-state index in [0.717, 1.165) is 18.5 Å². The van der Waals surface area contributed by atoms with Gasteiger partial charge in [-0.15, -0.1) is 0 Å². The van der Waals surface area contributed by atoms with Crippen molar-refractivity contribution in [3.63, 3.8) is 0 Å². The second-order valence-electron chi connectivity index (χ2n) is 7.70. The molecule has 0 radical (unpaired) electrons. The molecule has 2 fully saturated rings. The minimum absolute atomic E-state index is 0.152. The molecule has 2 atom stereocenters. The van der Waals surface area contributed by atoms with Crippen LogP contribution in [0.25, 0.3) is 0 Å². The summed E-state index contributed by atoms with van der Waals surface area (Å²) in [5, 5.41) is 3.62. The van der Waals surface area contributed by atoms with Gasteiger partial charge in [-0.1, -0.05) is 12.8 Å². The predicted molar refractivity (Wildman–Crippen MR) is 88.5 cm³/mol. The third-order valence-corrected chi connectivity index (χ3v) is 5.02. The van der Waals surface area contributed by atoms with E-state index in [9.17, 15) is 0 Å². The van der Waals surface area contributed by atoms with Crippen LogP contribution < -0.4 is 10.2 Å². The van der Waals surface area contributed by atoms with Crippen molar-refractivity contribution in [2.75, 3.05) is 11.4 Å². The standard InChI is InChI=1S/C18H29N3/c1-18(2,3)20-12-15-8-10-19-13-17(15)21-11-9-14-6-4-5-7-16(14)21/h8,10,13-14,16,20H,4-7,9,11-12H2,1-3H3. The number of anilines is 1. The Kier molecular flexibility index (Phi) is 4.21. The summed E-state index contributed by atoms with van der Waals surface area (Å²) in [5.74, 6) is 0.919. The summed E-state index contributed by atoms with van der Waals surface area (Å²) >= 11 is 0. The molecule has 1 aliphatic heterocycles. The molecule has 1 aromatic rings. The van der Waals surface area contributed by atoms with E-state index in [4.69, 9.17) is 0 Å². The first-order chi connectivity index (χ1) is 10.0. The summed E-state index contributed by atoms with van der Waals surface area (Å²) in [4.78, 5) is 7.05. The van der Waals surface area contributed by atoms with Crippen LogP contribution in [-0.4, -0.2) is 23.1 Å². The highest BCUT2D eigenvalue weighted by Gasteiger charge is 2.36. The highest BCUT2D eigenvalue weighted by molar-refractivity contribution is 5.53. The number of hydrogen-bond donors (Lipinski definition) is 1. The largest absolute Gasteiger partial charge is 0.367 e. The average Bonchev–Trinajstić information content (AvgIpc) is 2.88. The summed E-state index contributed by atoms with van der Waals surface area (Å²) < 4.78 is 0. The van der Waals surface area contributed by atoms with Crippen molar-refractivity contribution in [1.82, 2.24) is 10.3 Å². The fraction of sp³-hybridized carbons (Fsp3) is 0.722. The quantitative estimate of drug-likeness (QED) is 0.918. The van der Waals surface area contributed by atoms with Gasteiger partial charge in [0, 0.05) is 30.9 Å². The molecule has 3 heteroatoms. The fourth-order valence-electron chi connectivity index (χ4n) is 3.89. The van der Waals surface area contributed by atoms with Crippen molar-refractivity contribution >= 4 is 5.69 Å². The molecule has 1 aromatic heterocycles. The van der Waals surface area contributed by atoms with Crippen LogP contribution in [0.3, 0.4) is 0 Å². The molecular weight excluding hydrogens is 258 g/mol. The molecule has 21 heavy (non-hydrogen) atoms. The molecule has 2 aliphatic rings. The third kappa shape index (κ3) is 3.39. The van der Waals surface area contributed by atoms with Gasteiger partial charge in [0.2, 0.25) is 0 Å². The zero-order valence-corrected chi connectivity index (χ0v) is 13.7. The van der Waals surface area contributed by atoms with Gasteiger partial charge < -0.3 is 10.2 Å². The molecule has 1 saturated heterocycles. The Morgan fingerprint density at radius 1 is 1.24 bits per heavy atom. The van der Waals surface area contributed by atoms with Gasteiger partial charge in [0.15, 0.2) is 0 Å². The van der Waals surface area contributed by atoms with E-state index in [1.165, 1.54) is 49.9 Å². The monoisotopic (exact) mass is 287 g/mol. The molecule has 1 N–H and O–H groups in total. The van der Waals surface area contributed by atoms with E-state index in [2.05, 4.69) is 48.2 Å². The van der Waals surface area contributed by atoms with E-state index in [0.29, 0.717) is 0 Å². The third-order valence-electron chi connectivity index (χ3n) is 5.02. The summed E-state index contributed by atoms with van der Waals surface area (Å²) in [5.41, 5.74) is 2.91. The minimum atomic E-state index is 0.152. The Morgan fingerprint density at radius 3 is 2.86 bits per heavy atom. The van der Waals surface area contributed by atoms with Gasteiger partial charge in [-0.3, -0.25) is 4.98 Å². The van der Waals surface area contributed by atoms with Crippen LogP contribution in [0.2, 0.25) is 0 Å². The maximum Gasteiger partial charge on any atom is 0.0600 e. The second kappa shape index (κ2) is 5.96. The number of nitrogens with one attached hydrogen (secondary N) is 1. The van der Waals surface area contributed by atoms with Crippen LogP contribution >= 0.6 is 0 Å². The van der Waals surface area contributed by atoms with Gasteiger partial charge in [0.05, 0.1) is 11.9 Å². The molecule has 1 aliphatic carbocycles. The fourth-order valence-corrected chi connectivity index (χ4v) is 3.89. The van der Waals surface area contributed by atoms with Crippen molar-refractivity contribution in [3.8, 4) is 0 Å². The molecule has 0 aromatic carbocycles. The average molecular weight is 287 g/mol. The van der Waals surface area contributed by atoms with Crippen LogP contribution in [-0.2, 0) is 6.54 Å². The second-order valence-corrected chi connectivity index (χ2v) is 7.70. The molecule has 2 unspecified atom stereocenters. The number of rotatable bonds is 3. The Morgan fingerprint density at radius 2 is 2.05 bits per heavy atom. The lowest BCUT2D eigenvalue weighted by molar-refractivity contribution is 0.341. The number of nitrogens with zero attached hydrogens (tertiary/aromatic N) is 2. The molecular formula is C18H29N3. The van der Waals surface area contributed by atoms with Crippen LogP contribution in [0, 0.1) is 5.92 Å². The lowest BCUT2D eigenvalue weighted by Gasteiger charge is -2.34. The van der Waals surface area contributed by atoms with E-state index in [-0.39, 0.29) is 5.54 Å². The number of fused-ring (bicyclic) bond motifs is 1. The highest BCUT2D eigenvalue weighted by atomic mass is 15.2. The summed E-state index contributed by atoms with van der Waals surface area (Å²) in [6, 6.07) is 2.95. The molecule has 3 rings (SSSR count). The Bertz CT molecular complexity index is 478.